The number of hydrogen-bond acceptors (Lipinski definition) is 4. The second-order valence-corrected chi connectivity index (χ2v) is 8.73. The molecule has 0 saturated heterocycles. The van der Waals surface area contributed by atoms with Crippen LogP contribution in [0.1, 0.15) is 33.5 Å². The normalized spacial score (nSPS) is 11.0. The quantitative estimate of drug-likeness (QED) is 0.204. The van der Waals surface area contributed by atoms with E-state index in [4.69, 9.17) is 10.00 Å². The highest BCUT2D eigenvalue weighted by Gasteiger charge is 2.38. The summed E-state index contributed by atoms with van der Waals surface area (Å²) in [5, 5.41) is 8.94. The third-order valence-electron chi connectivity index (χ3n) is 6.41. The minimum absolute atomic E-state index is 0.0533. The number of ether oxygens (including phenoxy) is 1. The van der Waals surface area contributed by atoms with Gasteiger partial charge in [0.15, 0.2) is 0 Å². The van der Waals surface area contributed by atoms with Crippen molar-refractivity contribution in [3.63, 3.8) is 0 Å². The molecule has 1 aromatic heterocycles. The molecule has 0 amide bonds. The van der Waals surface area contributed by atoms with Crippen molar-refractivity contribution in [3.8, 4) is 6.07 Å². The number of carbonyl (C=O) groups is 1. The SMILES string of the molecule is N#Cc1ccc(COC(=O)Cc2cn(C(c3ccccc3)(c3ccccc3)c3ccccc3)cn2)cc1. The molecule has 0 fully saturated rings. The van der Waals surface area contributed by atoms with Crippen LogP contribution in [0.5, 0.6) is 0 Å². The highest BCUT2D eigenvalue weighted by molar-refractivity contribution is 5.72. The number of esters is 1. The number of benzene rings is 4. The monoisotopic (exact) mass is 483 g/mol. The zero-order valence-electron chi connectivity index (χ0n) is 20.2. The summed E-state index contributed by atoms with van der Waals surface area (Å²) >= 11 is 0. The first kappa shape index (κ1) is 23.8. The molecule has 4 aromatic carbocycles. The minimum Gasteiger partial charge on any atom is -0.461 e. The fourth-order valence-electron chi connectivity index (χ4n) is 4.66. The summed E-state index contributed by atoms with van der Waals surface area (Å²) in [5.74, 6) is -0.362. The van der Waals surface area contributed by atoms with Crippen molar-refractivity contribution in [1.29, 1.82) is 5.26 Å². The number of nitriles is 1. The summed E-state index contributed by atoms with van der Waals surface area (Å²) in [7, 11) is 0. The summed E-state index contributed by atoms with van der Waals surface area (Å²) in [6.45, 7) is 0.146. The van der Waals surface area contributed by atoms with Gasteiger partial charge in [0, 0.05) is 6.20 Å². The molecular formula is C32H25N3O2. The number of nitrogens with zero attached hydrogens (tertiary/aromatic N) is 3. The van der Waals surface area contributed by atoms with Gasteiger partial charge in [-0.1, -0.05) is 103 Å². The van der Waals surface area contributed by atoms with Crippen LogP contribution in [0, 0.1) is 11.3 Å². The Morgan fingerprint density at radius 3 is 1.78 bits per heavy atom. The van der Waals surface area contributed by atoms with Gasteiger partial charge in [0.25, 0.3) is 0 Å². The van der Waals surface area contributed by atoms with E-state index in [-0.39, 0.29) is 19.0 Å². The lowest BCUT2D eigenvalue weighted by atomic mass is 9.77. The zero-order chi connectivity index (χ0) is 25.5. The van der Waals surface area contributed by atoms with Crippen LogP contribution in [0.3, 0.4) is 0 Å². The average molecular weight is 484 g/mol. The topological polar surface area (TPSA) is 67.9 Å². The van der Waals surface area contributed by atoms with Gasteiger partial charge in [0.05, 0.1) is 30.1 Å². The maximum atomic E-state index is 12.7. The molecule has 5 rings (SSSR count). The summed E-state index contributed by atoms with van der Waals surface area (Å²) in [6, 6.07) is 40.0. The van der Waals surface area contributed by atoms with Crippen LogP contribution in [0.15, 0.2) is 128 Å². The summed E-state index contributed by atoms with van der Waals surface area (Å²) < 4.78 is 7.56. The summed E-state index contributed by atoms with van der Waals surface area (Å²) in [6.07, 6.45) is 3.77. The van der Waals surface area contributed by atoms with Gasteiger partial charge in [-0.2, -0.15) is 5.26 Å². The van der Waals surface area contributed by atoms with Crippen molar-refractivity contribution in [2.45, 2.75) is 18.6 Å². The Balaban J connectivity index is 1.47. The Hall–Kier alpha value is -4.95. The van der Waals surface area contributed by atoms with Crippen molar-refractivity contribution >= 4 is 5.97 Å². The highest BCUT2D eigenvalue weighted by atomic mass is 16.5. The lowest BCUT2D eigenvalue weighted by molar-refractivity contribution is -0.144. The second kappa shape index (κ2) is 10.8. The van der Waals surface area contributed by atoms with Crippen LogP contribution in [0.4, 0.5) is 0 Å². The van der Waals surface area contributed by atoms with Crippen molar-refractivity contribution in [3.05, 3.63) is 161 Å². The van der Waals surface area contributed by atoms with Gasteiger partial charge >= 0.3 is 5.97 Å². The largest absolute Gasteiger partial charge is 0.461 e. The van der Waals surface area contributed by atoms with Gasteiger partial charge in [-0.15, -0.1) is 0 Å². The molecule has 0 atom stereocenters. The predicted octanol–water partition coefficient (Wildman–Crippen LogP) is 5.88. The Morgan fingerprint density at radius 2 is 1.30 bits per heavy atom. The van der Waals surface area contributed by atoms with Crippen LogP contribution in [-0.2, 0) is 28.1 Å². The fourth-order valence-corrected chi connectivity index (χ4v) is 4.66. The Labute approximate surface area is 216 Å². The molecule has 0 aliphatic rings. The molecule has 5 nitrogen and oxygen atoms in total. The molecule has 5 heteroatoms. The molecule has 37 heavy (non-hydrogen) atoms. The highest BCUT2D eigenvalue weighted by Crippen LogP contribution is 2.40. The molecule has 0 spiro atoms. The first-order chi connectivity index (χ1) is 18.2. The Kier molecular flexibility index (Phi) is 6.91. The van der Waals surface area contributed by atoms with Gasteiger partial charge in [0.1, 0.15) is 12.1 Å². The van der Waals surface area contributed by atoms with Gasteiger partial charge in [-0.25, -0.2) is 4.98 Å². The van der Waals surface area contributed by atoms with Crippen molar-refractivity contribution in [2.24, 2.45) is 0 Å². The van der Waals surface area contributed by atoms with Crippen LogP contribution in [0.25, 0.3) is 0 Å². The van der Waals surface area contributed by atoms with E-state index >= 15 is 0 Å². The first-order valence-electron chi connectivity index (χ1n) is 12.0. The first-order valence-corrected chi connectivity index (χ1v) is 12.0. The van der Waals surface area contributed by atoms with E-state index < -0.39 is 5.54 Å². The number of imidazole rings is 1. The predicted molar refractivity (Wildman–Crippen MR) is 141 cm³/mol. The lowest BCUT2D eigenvalue weighted by Gasteiger charge is -2.37. The smallest absolute Gasteiger partial charge is 0.312 e. The molecule has 1 heterocycles. The maximum Gasteiger partial charge on any atom is 0.312 e. The van der Waals surface area contributed by atoms with Gasteiger partial charge < -0.3 is 9.30 Å². The zero-order valence-corrected chi connectivity index (χ0v) is 20.2. The van der Waals surface area contributed by atoms with Crippen molar-refractivity contribution in [2.75, 3.05) is 0 Å². The van der Waals surface area contributed by atoms with Crippen LogP contribution >= 0.6 is 0 Å². The molecule has 0 N–H and O–H groups in total. The van der Waals surface area contributed by atoms with E-state index in [1.807, 2.05) is 60.8 Å². The third-order valence-corrected chi connectivity index (χ3v) is 6.41. The van der Waals surface area contributed by atoms with Gasteiger partial charge in [-0.05, 0) is 34.4 Å². The number of hydrogen-bond donors (Lipinski definition) is 0. The molecule has 0 unspecified atom stereocenters. The third kappa shape index (κ3) is 4.91. The number of carbonyl (C=O) groups excluding carboxylic acids is 1. The Morgan fingerprint density at radius 1 is 0.784 bits per heavy atom. The lowest BCUT2D eigenvalue weighted by Crippen LogP contribution is -2.36. The summed E-state index contributed by atoms with van der Waals surface area (Å²) in [4.78, 5) is 17.3. The fraction of sp³-hybridized carbons (Fsp3) is 0.0938. The minimum atomic E-state index is -0.679. The second-order valence-electron chi connectivity index (χ2n) is 8.73. The van der Waals surface area contributed by atoms with E-state index in [9.17, 15) is 4.79 Å². The van der Waals surface area contributed by atoms with Crippen LogP contribution in [0.2, 0.25) is 0 Å². The molecule has 180 valence electrons. The van der Waals surface area contributed by atoms with Gasteiger partial charge in [0.2, 0.25) is 0 Å². The van der Waals surface area contributed by atoms with Crippen LogP contribution < -0.4 is 0 Å². The molecule has 0 aliphatic carbocycles. The van der Waals surface area contributed by atoms with Gasteiger partial charge in [-0.3, -0.25) is 4.79 Å². The van der Waals surface area contributed by atoms with Crippen molar-refractivity contribution < 1.29 is 9.53 Å². The van der Waals surface area contributed by atoms with E-state index in [1.165, 1.54) is 0 Å². The molecule has 0 radical (unpaired) electrons. The summed E-state index contributed by atoms with van der Waals surface area (Å²) in [5.41, 5.74) is 4.59. The maximum absolute atomic E-state index is 12.7. The molecular weight excluding hydrogens is 458 g/mol. The van der Waals surface area contributed by atoms with Crippen molar-refractivity contribution in [1.82, 2.24) is 9.55 Å². The number of aromatic nitrogens is 2. The average Bonchev–Trinajstić information content (AvgIpc) is 3.43. The molecule has 0 saturated carbocycles. The molecule has 0 bridgehead atoms. The standard InChI is InChI=1S/C32H25N3O2/c33-21-25-16-18-26(19-17-25)23-37-31(36)20-30-22-35(24-34-30)32(27-10-4-1-5-11-27,28-12-6-2-7-13-28)29-14-8-3-9-15-29/h1-19,22,24H,20,23H2. The molecule has 5 aromatic rings. The van der Waals surface area contributed by atoms with E-state index in [0.29, 0.717) is 11.3 Å². The Bertz CT molecular complexity index is 1410. The van der Waals surface area contributed by atoms with Crippen LogP contribution in [-0.4, -0.2) is 15.5 Å². The van der Waals surface area contributed by atoms with E-state index in [2.05, 4.69) is 52.0 Å². The van der Waals surface area contributed by atoms with E-state index in [0.717, 1.165) is 22.3 Å². The molecule has 0 aliphatic heterocycles. The van der Waals surface area contributed by atoms with E-state index in [1.54, 1.807) is 30.6 Å². The number of rotatable bonds is 8.